The predicted octanol–water partition coefficient (Wildman–Crippen LogP) is 2.21. The maximum absolute atomic E-state index is 10.4. The Balaban J connectivity index is 2.18. The lowest BCUT2D eigenvalue weighted by molar-refractivity contribution is 0.00562. The van der Waals surface area contributed by atoms with Crippen LogP contribution in [0.1, 0.15) is 31.9 Å². The normalized spacial score (nSPS) is 23.3. The van der Waals surface area contributed by atoms with Crippen molar-refractivity contribution in [3.8, 4) is 5.75 Å². The Morgan fingerprint density at radius 3 is 2.82 bits per heavy atom. The van der Waals surface area contributed by atoms with E-state index in [1.165, 1.54) is 0 Å². The fourth-order valence-corrected chi connectivity index (χ4v) is 2.48. The van der Waals surface area contributed by atoms with Crippen LogP contribution in [0.5, 0.6) is 5.75 Å². The number of hydrogen-bond donors (Lipinski definition) is 1. The molecule has 0 amide bonds. The van der Waals surface area contributed by atoms with Gasteiger partial charge < -0.3 is 9.84 Å². The van der Waals surface area contributed by atoms with Crippen LogP contribution in [0, 0.1) is 0 Å². The molecule has 1 heterocycles. The first kappa shape index (κ1) is 12.4. The van der Waals surface area contributed by atoms with E-state index in [4.69, 9.17) is 4.74 Å². The second-order valence-corrected chi connectivity index (χ2v) is 4.49. The van der Waals surface area contributed by atoms with E-state index in [1.807, 2.05) is 24.3 Å². The number of aliphatic hydroxyl groups is 1. The van der Waals surface area contributed by atoms with Crippen molar-refractivity contribution >= 4 is 0 Å². The van der Waals surface area contributed by atoms with Crippen LogP contribution in [0.15, 0.2) is 24.3 Å². The molecule has 94 valence electrons. The Labute approximate surface area is 103 Å². The van der Waals surface area contributed by atoms with Gasteiger partial charge in [0.25, 0.3) is 0 Å². The third-order valence-corrected chi connectivity index (χ3v) is 3.40. The summed E-state index contributed by atoms with van der Waals surface area (Å²) in [6.45, 7) is 6.81. The molecule has 1 N–H and O–H groups in total. The van der Waals surface area contributed by atoms with Gasteiger partial charge >= 0.3 is 0 Å². The molecule has 2 rings (SSSR count). The smallest absolute Gasteiger partial charge is 0.125 e. The van der Waals surface area contributed by atoms with Gasteiger partial charge in [0.15, 0.2) is 0 Å². The quantitative estimate of drug-likeness (QED) is 0.868. The van der Waals surface area contributed by atoms with E-state index in [2.05, 4.69) is 18.7 Å². The molecule has 2 atom stereocenters. The van der Waals surface area contributed by atoms with Crippen LogP contribution < -0.4 is 4.74 Å². The summed E-state index contributed by atoms with van der Waals surface area (Å²) in [5.74, 6) is 0.823. The van der Waals surface area contributed by atoms with Crippen molar-refractivity contribution in [2.75, 3.05) is 19.7 Å². The molecule has 0 fully saturated rings. The topological polar surface area (TPSA) is 32.7 Å². The van der Waals surface area contributed by atoms with Gasteiger partial charge in [0.2, 0.25) is 0 Å². The van der Waals surface area contributed by atoms with E-state index in [9.17, 15) is 5.11 Å². The predicted molar refractivity (Wildman–Crippen MR) is 68.2 cm³/mol. The average molecular weight is 235 g/mol. The SMILES string of the molecule is CCCN(CC)C1COc2ccccc2C1O. The molecular weight excluding hydrogens is 214 g/mol. The number of nitrogens with zero attached hydrogens (tertiary/aromatic N) is 1. The molecule has 0 aliphatic carbocycles. The second-order valence-electron chi connectivity index (χ2n) is 4.49. The minimum absolute atomic E-state index is 0.0786. The zero-order valence-electron chi connectivity index (χ0n) is 10.6. The molecule has 1 aromatic rings. The first-order valence-corrected chi connectivity index (χ1v) is 6.41. The van der Waals surface area contributed by atoms with Gasteiger partial charge in [-0.2, -0.15) is 0 Å². The van der Waals surface area contributed by atoms with Crippen molar-refractivity contribution in [3.05, 3.63) is 29.8 Å². The number of rotatable bonds is 4. The Hall–Kier alpha value is -1.06. The van der Waals surface area contributed by atoms with Crippen LogP contribution in [0.25, 0.3) is 0 Å². The highest BCUT2D eigenvalue weighted by atomic mass is 16.5. The fourth-order valence-electron chi connectivity index (χ4n) is 2.48. The number of likely N-dealkylation sites (N-methyl/N-ethyl adjacent to an activating group) is 1. The highest BCUT2D eigenvalue weighted by molar-refractivity contribution is 5.37. The molecule has 1 aromatic carbocycles. The van der Waals surface area contributed by atoms with Crippen LogP contribution in [-0.2, 0) is 0 Å². The number of para-hydroxylation sites is 1. The summed E-state index contributed by atoms with van der Waals surface area (Å²) in [6, 6.07) is 7.84. The molecule has 17 heavy (non-hydrogen) atoms. The summed E-state index contributed by atoms with van der Waals surface area (Å²) in [5, 5.41) is 10.4. The molecule has 0 saturated carbocycles. The van der Waals surface area contributed by atoms with Crippen molar-refractivity contribution in [2.45, 2.75) is 32.4 Å². The molecule has 0 radical (unpaired) electrons. The number of hydrogen-bond acceptors (Lipinski definition) is 3. The first-order chi connectivity index (χ1) is 8.27. The maximum Gasteiger partial charge on any atom is 0.125 e. The molecule has 1 aliphatic rings. The Morgan fingerprint density at radius 1 is 1.35 bits per heavy atom. The van der Waals surface area contributed by atoms with Crippen LogP contribution in [-0.4, -0.2) is 35.7 Å². The third-order valence-electron chi connectivity index (χ3n) is 3.40. The lowest BCUT2D eigenvalue weighted by Gasteiger charge is -2.37. The second kappa shape index (κ2) is 5.52. The monoisotopic (exact) mass is 235 g/mol. The highest BCUT2D eigenvalue weighted by Crippen LogP contribution is 2.33. The van der Waals surface area contributed by atoms with Crippen LogP contribution in [0.2, 0.25) is 0 Å². The van der Waals surface area contributed by atoms with Crippen LogP contribution in [0.3, 0.4) is 0 Å². The summed E-state index contributed by atoms with van der Waals surface area (Å²) in [4.78, 5) is 2.29. The van der Waals surface area contributed by atoms with Gasteiger partial charge in [-0.3, -0.25) is 4.90 Å². The van der Waals surface area contributed by atoms with E-state index in [1.54, 1.807) is 0 Å². The summed E-state index contributed by atoms with van der Waals surface area (Å²) >= 11 is 0. The zero-order valence-corrected chi connectivity index (χ0v) is 10.6. The molecule has 0 bridgehead atoms. The van der Waals surface area contributed by atoms with Crippen molar-refractivity contribution in [2.24, 2.45) is 0 Å². The number of fused-ring (bicyclic) bond motifs is 1. The molecule has 1 aliphatic heterocycles. The molecule has 0 spiro atoms. The molecule has 0 saturated heterocycles. The lowest BCUT2D eigenvalue weighted by Crippen LogP contribution is -2.46. The van der Waals surface area contributed by atoms with E-state index in [0.717, 1.165) is 30.8 Å². The number of ether oxygens (including phenoxy) is 1. The lowest BCUT2D eigenvalue weighted by atomic mass is 9.98. The minimum Gasteiger partial charge on any atom is -0.491 e. The summed E-state index contributed by atoms with van der Waals surface area (Å²) in [7, 11) is 0. The van der Waals surface area contributed by atoms with Gasteiger partial charge in [-0.25, -0.2) is 0 Å². The van der Waals surface area contributed by atoms with Crippen molar-refractivity contribution in [1.29, 1.82) is 0 Å². The van der Waals surface area contributed by atoms with Gasteiger partial charge in [0.05, 0.1) is 6.04 Å². The average Bonchev–Trinajstić information content (AvgIpc) is 2.37. The Kier molecular flexibility index (Phi) is 4.02. The molecule has 3 heteroatoms. The van der Waals surface area contributed by atoms with Crippen molar-refractivity contribution < 1.29 is 9.84 Å². The zero-order chi connectivity index (χ0) is 12.3. The van der Waals surface area contributed by atoms with Gasteiger partial charge in [0.1, 0.15) is 18.5 Å². The van der Waals surface area contributed by atoms with E-state index in [-0.39, 0.29) is 6.04 Å². The van der Waals surface area contributed by atoms with Crippen molar-refractivity contribution in [3.63, 3.8) is 0 Å². The van der Waals surface area contributed by atoms with Crippen LogP contribution >= 0.6 is 0 Å². The molecule has 2 unspecified atom stereocenters. The Bertz CT molecular complexity index is 367. The largest absolute Gasteiger partial charge is 0.491 e. The molecule has 0 aromatic heterocycles. The number of benzene rings is 1. The van der Waals surface area contributed by atoms with Gasteiger partial charge in [0, 0.05) is 5.56 Å². The summed E-state index contributed by atoms with van der Waals surface area (Å²) in [6.07, 6.45) is 0.657. The fraction of sp³-hybridized carbons (Fsp3) is 0.571. The first-order valence-electron chi connectivity index (χ1n) is 6.41. The van der Waals surface area contributed by atoms with Gasteiger partial charge in [-0.05, 0) is 25.6 Å². The van der Waals surface area contributed by atoms with Gasteiger partial charge in [-0.1, -0.05) is 32.0 Å². The van der Waals surface area contributed by atoms with E-state index in [0.29, 0.717) is 6.61 Å². The molecule has 3 nitrogen and oxygen atoms in total. The van der Waals surface area contributed by atoms with E-state index >= 15 is 0 Å². The summed E-state index contributed by atoms with van der Waals surface area (Å²) < 4.78 is 5.73. The maximum atomic E-state index is 10.4. The summed E-state index contributed by atoms with van der Waals surface area (Å²) in [5.41, 5.74) is 0.915. The minimum atomic E-state index is -0.438. The third kappa shape index (κ3) is 2.45. The standard InChI is InChI=1S/C14H21NO2/c1-3-9-15(4-2)12-10-17-13-8-6-5-7-11(13)14(12)16/h5-8,12,14,16H,3-4,9-10H2,1-2H3. The Morgan fingerprint density at radius 2 is 2.12 bits per heavy atom. The number of aliphatic hydroxyl groups excluding tert-OH is 1. The van der Waals surface area contributed by atoms with Crippen molar-refractivity contribution in [1.82, 2.24) is 4.90 Å². The molecular formula is C14H21NO2. The van der Waals surface area contributed by atoms with Gasteiger partial charge in [-0.15, -0.1) is 0 Å². The highest BCUT2D eigenvalue weighted by Gasteiger charge is 2.32. The van der Waals surface area contributed by atoms with E-state index < -0.39 is 6.10 Å². The van der Waals surface area contributed by atoms with Crippen LogP contribution in [0.4, 0.5) is 0 Å².